The minimum atomic E-state index is -0.776. The maximum Gasteiger partial charge on any atom is 0.409 e. The van der Waals surface area contributed by atoms with Crippen LogP contribution in [0.15, 0.2) is 30.3 Å². The van der Waals surface area contributed by atoms with Gasteiger partial charge in [0.25, 0.3) is 5.91 Å². The van der Waals surface area contributed by atoms with Crippen LogP contribution in [0.3, 0.4) is 0 Å². The van der Waals surface area contributed by atoms with Gasteiger partial charge >= 0.3 is 12.1 Å². The minimum absolute atomic E-state index is 0.0799. The Morgan fingerprint density at radius 2 is 1.59 bits per heavy atom. The first kappa shape index (κ1) is 33.2. The van der Waals surface area contributed by atoms with Gasteiger partial charge in [-0.1, -0.05) is 57.0 Å². The van der Waals surface area contributed by atoms with E-state index in [0.29, 0.717) is 64.1 Å². The summed E-state index contributed by atoms with van der Waals surface area (Å²) in [6.45, 7) is 13.1. The highest BCUT2D eigenvalue weighted by molar-refractivity contribution is 5.97. The number of piperazine rings is 1. The minimum Gasteiger partial charge on any atom is -0.466 e. The van der Waals surface area contributed by atoms with E-state index in [2.05, 4.69) is 15.2 Å². The van der Waals surface area contributed by atoms with Crippen LogP contribution in [0.25, 0.3) is 11.4 Å². The monoisotopic (exact) mass is 634 g/mol. The molecular weight excluding hydrogens is 588 g/mol. The molecule has 12 nitrogen and oxygen atoms in total. The summed E-state index contributed by atoms with van der Waals surface area (Å²) in [5.41, 5.74) is 2.04. The molecule has 1 N–H and O–H groups in total. The number of ether oxygens (including phenoxy) is 2. The maximum atomic E-state index is 13.8. The molecule has 1 saturated carbocycles. The zero-order valence-electron chi connectivity index (χ0n) is 27.5. The maximum absolute atomic E-state index is 13.8. The number of unbranched alkanes of at least 4 members (excludes halogenated alkanes) is 1. The first-order valence-electron chi connectivity index (χ1n) is 16.5. The average Bonchev–Trinajstić information content (AvgIpc) is 3.56. The Balaban J connectivity index is 1.29. The molecule has 12 heteroatoms. The van der Waals surface area contributed by atoms with Crippen LogP contribution < -0.4 is 10.2 Å². The standard InChI is InChI=1S/C34H46N6O6/c1-6-8-17-46-34(44)39-15-13-38(14-16-39)32(42)29(21(3)4)37-31(41)26-18-27(36-30(35-26)23-11-9-22(5)10-12-23)40-19-24-25(20-40)28(24)33(43)45-7-2/h9-12,18,21,24-25,28-29H,6-8,13-17,19-20H2,1-5H3,(H,37,41)/t24-,25+,28-,29-/m0/s1. The van der Waals surface area contributed by atoms with E-state index >= 15 is 0 Å². The fraction of sp³-hybridized carbons (Fsp3) is 0.588. The topological polar surface area (TPSA) is 134 Å². The van der Waals surface area contributed by atoms with Crippen molar-refractivity contribution in [1.82, 2.24) is 25.1 Å². The van der Waals surface area contributed by atoms with Gasteiger partial charge in [-0.25, -0.2) is 14.8 Å². The molecule has 3 heterocycles. The summed E-state index contributed by atoms with van der Waals surface area (Å²) >= 11 is 0. The van der Waals surface area contributed by atoms with Crippen molar-refractivity contribution in [2.45, 2.75) is 53.5 Å². The number of nitrogens with zero attached hydrogens (tertiary/aromatic N) is 5. The largest absolute Gasteiger partial charge is 0.466 e. The highest BCUT2D eigenvalue weighted by Gasteiger charge is 2.60. The third kappa shape index (κ3) is 7.42. The molecule has 2 aliphatic heterocycles. The number of hydrogen-bond donors (Lipinski definition) is 1. The second kappa shape index (κ2) is 14.5. The normalized spacial score (nSPS) is 21.1. The quantitative estimate of drug-likeness (QED) is 0.291. The number of esters is 1. The Morgan fingerprint density at radius 1 is 0.935 bits per heavy atom. The van der Waals surface area contributed by atoms with Crippen LogP contribution in [0.5, 0.6) is 0 Å². The van der Waals surface area contributed by atoms with Crippen molar-refractivity contribution in [1.29, 1.82) is 0 Å². The Morgan fingerprint density at radius 3 is 2.20 bits per heavy atom. The summed E-state index contributed by atoms with van der Waals surface area (Å²) in [6.07, 6.45) is 1.40. The molecule has 2 saturated heterocycles. The highest BCUT2D eigenvalue weighted by atomic mass is 16.6. The zero-order chi connectivity index (χ0) is 33.0. The summed E-state index contributed by atoms with van der Waals surface area (Å²) < 4.78 is 10.6. The van der Waals surface area contributed by atoms with E-state index in [1.807, 2.05) is 58.9 Å². The summed E-state index contributed by atoms with van der Waals surface area (Å²) in [7, 11) is 0. The molecule has 1 aromatic heterocycles. The zero-order valence-corrected chi connectivity index (χ0v) is 27.5. The van der Waals surface area contributed by atoms with E-state index in [-0.39, 0.29) is 47.3 Å². The molecule has 3 amide bonds. The number of benzene rings is 1. The van der Waals surface area contributed by atoms with Crippen LogP contribution in [0.2, 0.25) is 0 Å². The van der Waals surface area contributed by atoms with Crippen LogP contribution in [0.1, 0.15) is 56.6 Å². The van der Waals surface area contributed by atoms with Crippen molar-refractivity contribution in [2.75, 3.05) is 57.4 Å². The Kier molecular flexibility index (Phi) is 10.4. The number of aromatic nitrogens is 2. The lowest BCUT2D eigenvalue weighted by molar-refractivity contribution is -0.145. The van der Waals surface area contributed by atoms with E-state index in [4.69, 9.17) is 14.5 Å². The van der Waals surface area contributed by atoms with Gasteiger partial charge < -0.3 is 29.5 Å². The molecule has 3 fully saturated rings. The summed E-state index contributed by atoms with van der Waals surface area (Å²) in [5.74, 6) is 0.375. The van der Waals surface area contributed by atoms with E-state index in [1.165, 1.54) is 0 Å². The second-order valence-corrected chi connectivity index (χ2v) is 12.8. The molecule has 0 unspecified atom stereocenters. The fourth-order valence-electron chi connectivity index (χ4n) is 6.28. The molecule has 4 atom stereocenters. The Hall–Kier alpha value is -4.22. The summed E-state index contributed by atoms with van der Waals surface area (Å²) in [4.78, 5) is 67.0. The van der Waals surface area contributed by atoms with Gasteiger partial charge in [0.15, 0.2) is 5.82 Å². The molecule has 3 aliphatic rings. The lowest BCUT2D eigenvalue weighted by Gasteiger charge is -2.36. The van der Waals surface area contributed by atoms with Crippen molar-refractivity contribution >= 4 is 29.7 Å². The molecule has 46 heavy (non-hydrogen) atoms. The molecule has 1 aromatic carbocycles. The highest BCUT2D eigenvalue weighted by Crippen LogP contribution is 2.53. The predicted molar refractivity (Wildman–Crippen MR) is 172 cm³/mol. The number of piperidine rings is 1. The molecule has 0 radical (unpaired) electrons. The van der Waals surface area contributed by atoms with Gasteiger partial charge in [0, 0.05) is 50.9 Å². The van der Waals surface area contributed by atoms with Crippen molar-refractivity contribution in [3.8, 4) is 11.4 Å². The molecular formula is C34H46N6O6. The van der Waals surface area contributed by atoms with Crippen LogP contribution in [-0.2, 0) is 19.1 Å². The van der Waals surface area contributed by atoms with E-state index in [9.17, 15) is 19.2 Å². The number of anilines is 1. The van der Waals surface area contributed by atoms with Crippen LogP contribution >= 0.6 is 0 Å². The Labute approximate surface area is 270 Å². The van der Waals surface area contributed by atoms with Crippen molar-refractivity contribution in [3.63, 3.8) is 0 Å². The van der Waals surface area contributed by atoms with Gasteiger partial charge in [0.05, 0.1) is 19.1 Å². The molecule has 2 aromatic rings. The molecule has 0 spiro atoms. The van der Waals surface area contributed by atoms with Crippen LogP contribution in [0.4, 0.5) is 10.6 Å². The number of fused-ring (bicyclic) bond motifs is 1. The van der Waals surface area contributed by atoms with Crippen molar-refractivity contribution in [3.05, 3.63) is 41.6 Å². The number of rotatable bonds is 11. The van der Waals surface area contributed by atoms with Gasteiger partial charge in [0.2, 0.25) is 5.91 Å². The SMILES string of the molecule is CCCCOC(=O)N1CCN(C(=O)[C@@H](NC(=O)c2cc(N3C[C@@H]4[C@H](C3)[C@@H]4C(=O)OCC)nc(-c3ccc(C)cc3)n2)C(C)C)CC1. The average molecular weight is 635 g/mol. The van der Waals surface area contributed by atoms with Gasteiger partial charge in [-0.05, 0) is 38.0 Å². The van der Waals surface area contributed by atoms with Gasteiger partial charge in [0.1, 0.15) is 17.6 Å². The third-order valence-electron chi connectivity index (χ3n) is 9.12. The number of amides is 3. The Bertz CT molecular complexity index is 1410. The fourth-order valence-corrected chi connectivity index (χ4v) is 6.28. The lowest BCUT2D eigenvalue weighted by atomic mass is 10.0. The lowest BCUT2D eigenvalue weighted by Crippen LogP contribution is -2.57. The molecule has 5 rings (SSSR count). The third-order valence-corrected chi connectivity index (χ3v) is 9.12. The van der Waals surface area contributed by atoms with Gasteiger partial charge in [-0.2, -0.15) is 0 Å². The predicted octanol–water partition coefficient (Wildman–Crippen LogP) is 3.53. The van der Waals surface area contributed by atoms with E-state index in [1.54, 1.807) is 15.9 Å². The number of aryl methyl sites for hydroxylation is 1. The second-order valence-electron chi connectivity index (χ2n) is 12.8. The number of carbonyl (C=O) groups excluding carboxylic acids is 4. The number of carbonyl (C=O) groups is 4. The smallest absolute Gasteiger partial charge is 0.409 e. The molecule has 1 aliphatic carbocycles. The first-order chi connectivity index (χ1) is 22.1. The van der Waals surface area contributed by atoms with Crippen LogP contribution in [-0.4, -0.2) is 102 Å². The van der Waals surface area contributed by atoms with E-state index < -0.39 is 11.9 Å². The number of hydrogen-bond acceptors (Lipinski definition) is 9. The van der Waals surface area contributed by atoms with Gasteiger partial charge in [-0.3, -0.25) is 14.4 Å². The van der Waals surface area contributed by atoms with Crippen LogP contribution in [0, 0.1) is 30.6 Å². The van der Waals surface area contributed by atoms with E-state index in [0.717, 1.165) is 24.0 Å². The number of nitrogens with one attached hydrogen (secondary N) is 1. The van der Waals surface area contributed by atoms with Crippen molar-refractivity contribution < 1.29 is 28.7 Å². The summed E-state index contributed by atoms with van der Waals surface area (Å²) in [5, 5.41) is 2.95. The molecule has 248 valence electrons. The van der Waals surface area contributed by atoms with Gasteiger partial charge in [-0.15, -0.1) is 0 Å². The molecule has 0 bridgehead atoms. The van der Waals surface area contributed by atoms with Crippen molar-refractivity contribution in [2.24, 2.45) is 23.7 Å². The summed E-state index contributed by atoms with van der Waals surface area (Å²) in [6, 6.07) is 8.68. The first-order valence-corrected chi connectivity index (χ1v) is 16.5.